The molecule has 0 N–H and O–H groups in total. The SMILES string of the molecule is C/C=C/C(=O)OCC[N+](CC)(CCC)CCC.C/C=C/C(=O)OCC[N+](CC)(CCC)CCCC.CCCC[N+](CC)(CCC)CCOC(=O)/C=C/c1ccccc1.CCC[N+](CC)(CCC)CCOC(=O)/C=C/c1ccccc1.CC[N+](CC)(CC)CCOC(=O)/C=C/c1ccccc1.C[N+](C)(C)CCOC(=O)/C=C/c1ccccc1. The van der Waals surface area contributed by atoms with E-state index in [1.807, 2.05) is 135 Å². The largest absolute Gasteiger partial charge is 0.457 e. The number of hydrogen-bond acceptors (Lipinski definition) is 12. The maximum Gasteiger partial charge on any atom is 0.330 e. The summed E-state index contributed by atoms with van der Waals surface area (Å²) in [6.07, 6.45) is 31.4. The van der Waals surface area contributed by atoms with Gasteiger partial charge in [0.15, 0.2) is 0 Å². The van der Waals surface area contributed by atoms with Gasteiger partial charge in [0.1, 0.15) is 78.9 Å². The van der Waals surface area contributed by atoms with E-state index < -0.39 is 0 Å². The highest BCUT2D eigenvalue weighted by molar-refractivity contribution is 5.88. The molecule has 0 bridgehead atoms. The number of esters is 6. The van der Waals surface area contributed by atoms with Crippen LogP contribution < -0.4 is 0 Å². The van der Waals surface area contributed by atoms with Crippen molar-refractivity contribution in [3.05, 3.63) is 192 Å². The summed E-state index contributed by atoms with van der Waals surface area (Å²) in [7, 11) is 6.19. The number of quaternary nitrogens is 6. The Balaban J connectivity index is 0. The molecule has 117 heavy (non-hydrogen) atoms. The van der Waals surface area contributed by atoms with Crippen LogP contribution in [-0.2, 0) is 57.2 Å². The summed E-state index contributed by atoms with van der Waals surface area (Å²) in [4.78, 5) is 69.2. The third kappa shape index (κ3) is 56.1. The number of carbonyl (C=O) groups excluding carboxylic acids is 6. The highest BCUT2D eigenvalue weighted by Gasteiger charge is 2.28. The predicted molar refractivity (Wildman–Crippen MR) is 490 cm³/mol. The lowest BCUT2D eigenvalue weighted by molar-refractivity contribution is -0.927. The van der Waals surface area contributed by atoms with E-state index >= 15 is 0 Å². The fourth-order valence-electron chi connectivity index (χ4n) is 13.8. The van der Waals surface area contributed by atoms with Crippen LogP contribution in [0.25, 0.3) is 24.3 Å². The number of ether oxygens (including phenoxy) is 6. The van der Waals surface area contributed by atoms with Gasteiger partial charge in [0.2, 0.25) is 0 Å². The summed E-state index contributed by atoms with van der Waals surface area (Å²) in [6, 6.07) is 39.0. The van der Waals surface area contributed by atoms with Gasteiger partial charge in [0.05, 0.1) is 119 Å². The molecule has 4 rings (SSSR count). The fourth-order valence-corrected chi connectivity index (χ4v) is 13.8. The molecule has 4 aromatic rings. The predicted octanol–water partition coefficient (Wildman–Crippen LogP) is 19.2. The minimum atomic E-state index is -0.290. The van der Waals surface area contributed by atoms with Gasteiger partial charge in [0.25, 0.3) is 0 Å². The van der Waals surface area contributed by atoms with Gasteiger partial charge in [-0.1, -0.05) is 202 Å². The van der Waals surface area contributed by atoms with Crippen molar-refractivity contribution in [2.24, 2.45) is 0 Å². The Labute approximate surface area is 712 Å². The van der Waals surface area contributed by atoms with Crippen LogP contribution in [0.1, 0.15) is 204 Å². The average molecular weight is 1630 g/mol. The second kappa shape index (κ2) is 69.8. The second-order valence-corrected chi connectivity index (χ2v) is 31.0. The fraction of sp³-hybridized carbons (Fsp3) is 0.576. The van der Waals surface area contributed by atoms with E-state index in [-0.39, 0.29) is 35.8 Å². The van der Waals surface area contributed by atoms with Gasteiger partial charge in [-0.3, -0.25) is 0 Å². The molecule has 2 unspecified atom stereocenters. The van der Waals surface area contributed by atoms with Crippen molar-refractivity contribution in [2.45, 2.75) is 182 Å². The van der Waals surface area contributed by atoms with Gasteiger partial charge in [0, 0.05) is 36.5 Å². The molecule has 2 atom stereocenters. The minimum Gasteiger partial charge on any atom is -0.457 e. The van der Waals surface area contributed by atoms with E-state index in [1.54, 1.807) is 36.5 Å². The van der Waals surface area contributed by atoms with E-state index in [9.17, 15) is 28.8 Å². The van der Waals surface area contributed by atoms with Crippen molar-refractivity contribution in [2.75, 3.05) is 198 Å². The van der Waals surface area contributed by atoms with Gasteiger partial charge in [-0.25, -0.2) is 28.8 Å². The van der Waals surface area contributed by atoms with Crippen molar-refractivity contribution >= 4 is 60.1 Å². The first kappa shape index (κ1) is 111. The summed E-state index contributed by atoms with van der Waals surface area (Å²) < 4.78 is 37.6. The normalized spacial score (nSPS) is 12.6. The van der Waals surface area contributed by atoms with Crippen molar-refractivity contribution in [1.82, 2.24) is 0 Å². The maximum atomic E-state index is 11.8. The maximum absolute atomic E-state index is 11.8. The topological polar surface area (TPSA) is 158 Å². The number of allylic oxidation sites excluding steroid dienone is 2. The van der Waals surface area contributed by atoms with Gasteiger partial charge in [-0.15, -0.1) is 0 Å². The molecule has 0 aromatic heterocycles. The molecule has 4 aromatic carbocycles. The molecule has 0 saturated carbocycles. The van der Waals surface area contributed by atoms with Crippen LogP contribution >= 0.6 is 0 Å². The van der Waals surface area contributed by atoms with Crippen LogP contribution in [0.15, 0.2) is 170 Å². The highest BCUT2D eigenvalue weighted by atomic mass is 16.6. The molecule has 0 heterocycles. The van der Waals surface area contributed by atoms with Gasteiger partial charge < -0.3 is 55.3 Å². The number of hydrogen-bond donors (Lipinski definition) is 0. The first-order chi connectivity index (χ1) is 56.2. The summed E-state index contributed by atoms with van der Waals surface area (Å²) in [5.41, 5.74) is 4.02. The average Bonchev–Trinajstić information content (AvgIpc) is 0.886. The molecule has 658 valence electrons. The number of carbonyl (C=O) groups is 6. The second-order valence-electron chi connectivity index (χ2n) is 31.0. The van der Waals surface area contributed by atoms with E-state index in [0.717, 1.165) is 167 Å². The minimum absolute atomic E-state index is 0.223. The van der Waals surface area contributed by atoms with Crippen LogP contribution in [0.2, 0.25) is 0 Å². The Bertz CT molecular complexity index is 3310. The van der Waals surface area contributed by atoms with Crippen molar-refractivity contribution in [3.8, 4) is 0 Å². The number of nitrogens with zero attached hydrogens (tertiary/aromatic N) is 6. The van der Waals surface area contributed by atoms with E-state index in [4.69, 9.17) is 28.4 Å². The molecule has 0 aliphatic rings. The Kier molecular flexibility index (Phi) is 66.2. The quantitative estimate of drug-likeness (QED) is 0.0179. The molecule has 0 saturated heterocycles. The van der Waals surface area contributed by atoms with Crippen LogP contribution in [0.3, 0.4) is 0 Å². The van der Waals surface area contributed by atoms with Gasteiger partial charge in [-0.2, -0.15) is 0 Å². The monoisotopic (exact) mass is 1630 g/mol. The van der Waals surface area contributed by atoms with Gasteiger partial charge in [-0.05, 0) is 160 Å². The van der Waals surface area contributed by atoms with Crippen LogP contribution in [0, 0.1) is 0 Å². The van der Waals surface area contributed by atoms with Gasteiger partial charge >= 0.3 is 35.8 Å². The zero-order chi connectivity index (χ0) is 87.8. The van der Waals surface area contributed by atoms with Crippen molar-refractivity contribution < 1.29 is 84.1 Å². The third-order valence-corrected chi connectivity index (χ3v) is 21.4. The molecule has 0 radical (unpaired) electrons. The standard InChI is InChI=1S/C20H32NO2.C19H30NO2.C17H26NO2.C15H30NO2.C14H20NO2.C14H28NO2/c1-4-7-16-21(6-3,15-5-2)17-18-23-20(22)14-13-19-11-9-8-10-12-19;1-4-14-20(6-3,15-5-2)16-17-22-19(21)13-12-18-10-8-7-9-11-18;1-4-18(5-2,6-3)14-15-20-17(19)13-12-16-10-8-7-9-11-16;1-5-9-12-16(8-4,11-7-3)13-14-18-15(17)10-6-2;1-15(2,3)11-12-17-14(16)10-9-13-7-5-4-6-8-13;1-5-9-14(16)17-13-12-15(8-4,10-6-2)11-7-3/h8-14H,4-7,15-18H2,1-3H3;7-13H,4-6,14-17H2,1-3H3;7-13H,4-6,14-15H2,1-3H3;6,10H,5,7-9,11-14H2,1-4H3;4-10H,11-12H2,1-3H3;5,9H,6-8,10-13H2,1-4H3/q6*+1/b14-13+;2*13-12+;10-6+;10-9+;9-5+. The van der Waals surface area contributed by atoms with E-state index in [2.05, 4.69) is 125 Å². The zero-order valence-corrected chi connectivity index (χ0v) is 77.2. The summed E-state index contributed by atoms with van der Waals surface area (Å²) in [6.45, 7) is 62.2. The number of benzene rings is 4. The summed E-state index contributed by atoms with van der Waals surface area (Å²) in [5.74, 6) is -1.52. The van der Waals surface area contributed by atoms with E-state index in [1.165, 1.54) is 121 Å². The Hall–Kier alpha value is -8.10. The van der Waals surface area contributed by atoms with Crippen LogP contribution in [0.5, 0.6) is 0 Å². The lowest BCUT2D eigenvalue weighted by atomic mass is 10.2. The summed E-state index contributed by atoms with van der Waals surface area (Å²) >= 11 is 0. The molecule has 0 spiro atoms. The van der Waals surface area contributed by atoms with Crippen molar-refractivity contribution in [3.63, 3.8) is 0 Å². The first-order valence-electron chi connectivity index (χ1n) is 44.5. The summed E-state index contributed by atoms with van der Waals surface area (Å²) in [5, 5.41) is 0. The lowest BCUT2D eigenvalue weighted by Gasteiger charge is -2.37. The molecular formula is C99H166N6O12+6. The first-order valence-corrected chi connectivity index (χ1v) is 44.5. The highest BCUT2D eigenvalue weighted by Crippen LogP contribution is 2.16. The van der Waals surface area contributed by atoms with E-state index in [0.29, 0.717) is 39.6 Å². The van der Waals surface area contributed by atoms with Crippen LogP contribution in [0.4, 0.5) is 0 Å². The molecule has 0 aliphatic carbocycles. The Morgan fingerprint density at radius 2 is 0.427 bits per heavy atom. The third-order valence-electron chi connectivity index (χ3n) is 21.4. The van der Waals surface area contributed by atoms with Crippen LogP contribution in [-0.4, -0.2) is 261 Å². The number of rotatable bonds is 53. The molecule has 18 heteroatoms. The molecule has 0 aliphatic heterocycles. The molecule has 0 amide bonds. The Morgan fingerprint density at radius 1 is 0.239 bits per heavy atom. The number of unbranched alkanes of at least 4 members (excludes halogenated alkanes) is 2. The Morgan fingerprint density at radius 3 is 0.607 bits per heavy atom. The zero-order valence-electron chi connectivity index (χ0n) is 77.2. The molecular weight excluding hydrogens is 1470 g/mol. The molecule has 0 fully saturated rings. The smallest absolute Gasteiger partial charge is 0.330 e. The van der Waals surface area contributed by atoms with Crippen molar-refractivity contribution in [1.29, 1.82) is 0 Å². The number of likely N-dealkylation sites (N-methyl/N-ethyl adjacent to an activating group) is 6. The molecule has 18 nitrogen and oxygen atoms in total. The lowest BCUT2D eigenvalue weighted by Crippen LogP contribution is -2.51.